The first-order chi connectivity index (χ1) is 10.3. The molecule has 0 radical (unpaired) electrons. The van der Waals surface area contributed by atoms with E-state index in [0.29, 0.717) is 0 Å². The summed E-state index contributed by atoms with van der Waals surface area (Å²) in [4.78, 5) is 6.96. The highest BCUT2D eigenvalue weighted by molar-refractivity contribution is 5.47. The molecule has 2 aromatic rings. The van der Waals surface area contributed by atoms with Crippen molar-refractivity contribution in [1.82, 2.24) is 4.98 Å². The predicted octanol–water partition coefficient (Wildman–Crippen LogP) is 3.44. The quantitative estimate of drug-likeness (QED) is 0.937. The summed E-state index contributed by atoms with van der Waals surface area (Å²) in [5, 5.41) is 0. The van der Waals surface area contributed by atoms with E-state index >= 15 is 0 Å². The fourth-order valence-electron chi connectivity index (χ4n) is 2.93. The summed E-state index contributed by atoms with van der Waals surface area (Å²) in [5.41, 5.74) is 11.1. The van der Waals surface area contributed by atoms with Crippen molar-refractivity contribution in [3.8, 4) is 0 Å². The second-order valence-electron chi connectivity index (χ2n) is 5.75. The molecule has 0 spiro atoms. The normalized spacial score (nSPS) is 16.2. The van der Waals surface area contributed by atoms with Gasteiger partial charge in [0.2, 0.25) is 0 Å². The first-order valence-electron chi connectivity index (χ1n) is 7.81. The summed E-state index contributed by atoms with van der Waals surface area (Å²) in [7, 11) is 0. The van der Waals surface area contributed by atoms with E-state index < -0.39 is 0 Å². The summed E-state index contributed by atoms with van der Waals surface area (Å²) in [6.45, 7) is 4.14. The number of aryl methyl sites for hydroxylation is 1. The van der Waals surface area contributed by atoms with Crippen LogP contribution < -0.4 is 10.6 Å². The number of anilines is 1. The lowest BCUT2D eigenvalue weighted by Crippen LogP contribution is -2.23. The van der Waals surface area contributed by atoms with Crippen LogP contribution in [0.25, 0.3) is 0 Å². The number of pyridine rings is 1. The number of hydrogen-bond donors (Lipinski definition) is 1. The van der Waals surface area contributed by atoms with Crippen LogP contribution in [0.5, 0.6) is 0 Å². The Balaban J connectivity index is 1.81. The summed E-state index contributed by atoms with van der Waals surface area (Å²) < 4.78 is 0. The standard InChI is InChI=1S/C18H23N3/c1-2-17(19)18-10-9-16(12-20-18)21-11-5-8-14-6-3-4-7-15(14)13-21/h3-4,6-7,9-10,12,17H,2,5,8,11,13,19H2,1H3/t17-/m1/s1. The Bertz CT molecular complexity index is 592. The zero-order chi connectivity index (χ0) is 14.7. The van der Waals surface area contributed by atoms with Crippen LogP contribution in [0.4, 0.5) is 5.69 Å². The largest absolute Gasteiger partial charge is 0.366 e. The molecule has 21 heavy (non-hydrogen) atoms. The van der Waals surface area contributed by atoms with Gasteiger partial charge in [-0.2, -0.15) is 0 Å². The number of benzene rings is 1. The molecule has 1 aromatic heterocycles. The smallest absolute Gasteiger partial charge is 0.0572 e. The molecule has 2 N–H and O–H groups in total. The lowest BCUT2D eigenvalue weighted by molar-refractivity contribution is 0.674. The van der Waals surface area contributed by atoms with Gasteiger partial charge in [0, 0.05) is 19.1 Å². The van der Waals surface area contributed by atoms with Gasteiger partial charge in [-0.15, -0.1) is 0 Å². The summed E-state index contributed by atoms with van der Waals surface area (Å²) in [6, 6.07) is 13.0. The number of nitrogens with zero attached hydrogens (tertiary/aromatic N) is 2. The Morgan fingerprint density at radius 1 is 1.19 bits per heavy atom. The average Bonchev–Trinajstić information content (AvgIpc) is 2.76. The summed E-state index contributed by atoms with van der Waals surface area (Å²) >= 11 is 0. The predicted molar refractivity (Wildman–Crippen MR) is 87.3 cm³/mol. The molecule has 1 atom stereocenters. The molecule has 3 rings (SSSR count). The monoisotopic (exact) mass is 281 g/mol. The average molecular weight is 281 g/mol. The van der Waals surface area contributed by atoms with E-state index in [9.17, 15) is 0 Å². The highest BCUT2D eigenvalue weighted by atomic mass is 15.1. The van der Waals surface area contributed by atoms with E-state index in [-0.39, 0.29) is 6.04 Å². The summed E-state index contributed by atoms with van der Waals surface area (Å²) in [5.74, 6) is 0. The van der Waals surface area contributed by atoms with Crippen LogP contribution in [-0.4, -0.2) is 11.5 Å². The molecule has 3 heteroatoms. The Morgan fingerprint density at radius 3 is 2.71 bits per heavy atom. The number of rotatable bonds is 3. The summed E-state index contributed by atoms with van der Waals surface area (Å²) in [6.07, 6.45) is 5.24. The Hall–Kier alpha value is -1.87. The number of nitrogens with two attached hydrogens (primary N) is 1. The maximum Gasteiger partial charge on any atom is 0.0572 e. The van der Waals surface area contributed by atoms with Gasteiger partial charge < -0.3 is 10.6 Å². The van der Waals surface area contributed by atoms with Crippen molar-refractivity contribution in [2.75, 3.05) is 11.4 Å². The molecule has 0 amide bonds. The topological polar surface area (TPSA) is 42.1 Å². The maximum atomic E-state index is 6.03. The zero-order valence-corrected chi connectivity index (χ0v) is 12.6. The van der Waals surface area contributed by atoms with E-state index in [1.165, 1.54) is 29.7 Å². The van der Waals surface area contributed by atoms with E-state index in [0.717, 1.165) is 25.2 Å². The van der Waals surface area contributed by atoms with Crippen LogP contribution in [0, 0.1) is 0 Å². The molecule has 3 nitrogen and oxygen atoms in total. The second-order valence-corrected chi connectivity index (χ2v) is 5.75. The first-order valence-corrected chi connectivity index (χ1v) is 7.81. The van der Waals surface area contributed by atoms with Crippen molar-refractivity contribution < 1.29 is 0 Å². The molecule has 110 valence electrons. The lowest BCUT2D eigenvalue weighted by Gasteiger charge is -2.23. The second kappa shape index (κ2) is 6.27. The molecular formula is C18H23N3. The van der Waals surface area contributed by atoms with Gasteiger partial charge in [0.25, 0.3) is 0 Å². The molecule has 1 aliphatic rings. The molecule has 1 aliphatic heterocycles. The number of aromatic nitrogens is 1. The van der Waals surface area contributed by atoms with Gasteiger partial charge in [-0.05, 0) is 42.5 Å². The molecule has 0 aliphatic carbocycles. The van der Waals surface area contributed by atoms with E-state index in [1.54, 1.807) is 0 Å². The Labute approximate surface area is 126 Å². The Kier molecular flexibility index (Phi) is 4.20. The highest BCUT2D eigenvalue weighted by Crippen LogP contribution is 2.24. The molecule has 0 unspecified atom stereocenters. The van der Waals surface area contributed by atoms with Gasteiger partial charge in [0.1, 0.15) is 0 Å². The van der Waals surface area contributed by atoms with Gasteiger partial charge >= 0.3 is 0 Å². The molecule has 0 saturated heterocycles. The van der Waals surface area contributed by atoms with Crippen LogP contribution >= 0.6 is 0 Å². The number of fused-ring (bicyclic) bond motifs is 1. The van der Waals surface area contributed by atoms with Crippen molar-refractivity contribution in [3.63, 3.8) is 0 Å². The SMILES string of the molecule is CC[C@@H](N)c1ccc(N2CCCc3ccccc3C2)cn1. The molecule has 0 fully saturated rings. The zero-order valence-electron chi connectivity index (χ0n) is 12.6. The lowest BCUT2D eigenvalue weighted by atomic mass is 10.0. The minimum absolute atomic E-state index is 0.0453. The molecular weight excluding hydrogens is 258 g/mol. The Morgan fingerprint density at radius 2 is 2.00 bits per heavy atom. The first kappa shape index (κ1) is 14.1. The third-order valence-electron chi connectivity index (χ3n) is 4.31. The van der Waals surface area contributed by atoms with Crippen molar-refractivity contribution in [1.29, 1.82) is 0 Å². The van der Waals surface area contributed by atoms with E-state index in [4.69, 9.17) is 5.73 Å². The number of hydrogen-bond acceptors (Lipinski definition) is 3. The maximum absolute atomic E-state index is 6.03. The van der Waals surface area contributed by atoms with E-state index in [1.807, 2.05) is 6.20 Å². The fraction of sp³-hybridized carbons (Fsp3) is 0.389. The van der Waals surface area contributed by atoms with Crippen LogP contribution in [0.15, 0.2) is 42.6 Å². The van der Waals surface area contributed by atoms with Gasteiger partial charge in [0.05, 0.1) is 17.6 Å². The van der Waals surface area contributed by atoms with Crippen molar-refractivity contribution in [3.05, 3.63) is 59.4 Å². The third kappa shape index (κ3) is 3.08. The van der Waals surface area contributed by atoms with Crippen molar-refractivity contribution in [2.45, 2.75) is 38.8 Å². The highest BCUT2D eigenvalue weighted by Gasteiger charge is 2.15. The van der Waals surface area contributed by atoms with Crippen LogP contribution in [-0.2, 0) is 13.0 Å². The third-order valence-corrected chi connectivity index (χ3v) is 4.31. The molecule has 1 aromatic carbocycles. The molecule has 0 bridgehead atoms. The van der Waals surface area contributed by atoms with Gasteiger partial charge in [-0.1, -0.05) is 31.2 Å². The molecule has 2 heterocycles. The van der Waals surface area contributed by atoms with Crippen LogP contribution in [0.3, 0.4) is 0 Å². The van der Waals surface area contributed by atoms with Gasteiger partial charge in [-0.25, -0.2) is 0 Å². The van der Waals surface area contributed by atoms with Crippen molar-refractivity contribution in [2.24, 2.45) is 5.73 Å². The van der Waals surface area contributed by atoms with Gasteiger partial charge in [-0.3, -0.25) is 4.98 Å². The van der Waals surface area contributed by atoms with Crippen molar-refractivity contribution >= 4 is 5.69 Å². The van der Waals surface area contributed by atoms with Crippen LogP contribution in [0.2, 0.25) is 0 Å². The van der Waals surface area contributed by atoms with Crippen LogP contribution in [0.1, 0.15) is 42.6 Å². The van der Waals surface area contributed by atoms with Gasteiger partial charge in [0.15, 0.2) is 0 Å². The fourth-order valence-corrected chi connectivity index (χ4v) is 2.93. The molecule has 0 saturated carbocycles. The minimum atomic E-state index is 0.0453. The van der Waals surface area contributed by atoms with E-state index in [2.05, 4.69) is 53.2 Å². The minimum Gasteiger partial charge on any atom is -0.366 e.